The molecule has 0 spiro atoms. The van der Waals surface area contributed by atoms with E-state index >= 15 is 0 Å². The van der Waals surface area contributed by atoms with Crippen molar-refractivity contribution in [2.45, 2.75) is 6.18 Å². The first kappa shape index (κ1) is 14.0. The van der Waals surface area contributed by atoms with Crippen molar-refractivity contribution in [3.8, 4) is 0 Å². The number of carbonyl (C=O) groups excluding carboxylic acids is 1. The van der Waals surface area contributed by atoms with E-state index in [0.717, 1.165) is 13.1 Å². The first-order valence-electron chi connectivity index (χ1n) is 5.60. The molecule has 0 saturated carbocycles. The first-order chi connectivity index (χ1) is 8.97. The Hall–Kier alpha value is -1.42. The molecule has 0 radical (unpaired) electrons. The van der Waals surface area contributed by atoms with Crippen LogP contribution in [0, 0.1) is 0 Å². The Morgan fingerprint density at radius 3 is 2.63 bits per heavy atom. The van der Waals surface area contributed by atoms with Gasteiger partial charge in [0.1, 0.15) is 0 Å². The number of amides is 1. The molecule has 19 heavy (non-hydrogen) atoms. The maximum atomic E-state index is 12.3. The van der Waals surface area contributed by atoms with E-state index in [1.54, 1.807) is 4.90 Å². The van der Waals surface area contributed by atoms with Gasteiger partial charge in [-0.05, 0) is 0 Å². The van der Waals surface area contributed by atoms with E-state index in [2.05, 4.69) is 20.8 Å². The summed E-state index contributed by atoms with van der Waals surface area (Å²) in [6.07, 6.45) is -4.50. The fourth-order valence-corrected chi connectivity index (χ4v) is 2.19. The van der Waals surface area contributed by atoms with Crippen LogP contribution in [0.15, 0.2) is 0 Å². The minimum Gasteiger partial charge on any atom is -0.351 e. The van der Waals surface area contributed by atoms with Crippen molar-refractivity contribution in [2.24, 2.45) is 0 Å². The molecule has 2 heterocycles. The number of nitrogens with one attached hydrogen (secondary N) is 2. The summed E-state index contributed by atoms with van der Waals surface area (Å²) in [6, 6.07) is 0. The number of hydrogen-bond acceptors (Lipinski definition) is 6. The number of piperazine rings is 1. The average Bonchev–Trinajstić information content (AvgIpc) is 2.86. The number of rotatable bonds is 3. The lowest BCUT2D eigenvalue weighted by molar-refractivity contribution is -0.138. The lowest BCUT2D eigenvalue weighted by atomic mass is 10.3. The fourth-order valence-electron chi connectivity index (χ4n) is 1.59. The summed E-state index contributed by atoms with van der Waals surface area (Å²) in [4.78, 5) is 13.4. The van der Waals surface area contributed by atoms with Gasteiger partial charge >= 0.3 is 6.18 Å². The zero-order chi connectivity index (χ0) is 13.9. The second-order valence-corrected chi connectivity index (χ2v) is 4.87. The lowest BCUT2D eigenvalue weighted by Gasteiger charge is -2.27. The van der Waals surface area contributed by atoms with Crippen molar-refractivity contribution in [1.82, 2.24) is 20.4 Å². The van der Waals surface area contributed by atoms with Crippen molar-refractivity contribution >= 4 is 22.4 Å². The van der Waals surface area contributed by atoms with Crippen LogP contribution in [0.1, 0.15) is 5.01 Å². The van der Waals surface area contributed by atoms with Crippen LogP contribution in [0.5, 0.6) is 0 Å². The van der Waals surface area contributed by atoms with Gasteiger partial charge in [-0.3, -0.25) is 4.79 Å². The first-order valence-corrected chi connectivity index (χ1v) is 6.41. The van der Waals surface area contributed by atoms with Gasteiger partial charge in [0.05, 0.1) is 6.54 Å². The second kappa shape index (κ2) is 5.70. The standard InChI is InChI=1S/C9H12F3N5OS/c10-9(11,12)7-15-16-8(19-7)14-5-6(18)17-3-1-13-2-4-17/h13H,1-5H2,(H,14,16). The van der Waals surface area contributed by atoms with Crippen LogP contribution in [0.4, 0.5) is 18.3 Å². The zero-order valence-corrected chi connectivity index (χ0v) is 10.6. The Labute approximate surface area is 111 Å². The van der Waals surface area contributed by atoms with Crippen LogP contribution in [0.2, 0.25) is 0 Å². The molecule has 0 unspecified atom stereocenters. The molecule has 1 aromatic rings. The highest BCUT2D eigenvalue weighted by Gasteiger charge is 2.35. The van der Waals surface area contributed by atoms with Crippen LogP contribution in [-0.2, 0) is 11.0 Å². The lowest BCUT2D eigenvalue weighted by Crippen LogP contribution is -2.48. The van der Waals surface area contributed by atoms with E-state index in [9.17, 15) is 18.0 Å². The predicted octanol–water partition coefficient (Wildman–Crippen LogP) is 0.401. The Balaban J connectivity index is 1.85. The molecule has 1 amide bonds. The number of anilines is 1. The number of halogens is 3. The number of nitrogens with zero attached hydrogens (tertiary/aromatic N) is 3. The van der Waals surface area contributed by atoms with Gasteiger partial charge in [0.15, 0.2) is 0 Å². The summed E-state index contributed by atoms with van der Waals surface area (Å²) in [5.41, 5.74) is 0. The van der Waals surface area contributed by atoms with E-state index in [0.29, 0.717) is 24.4 Å². The third kappa shape index (κ3) is 3.77. The zero-order valence-electron chi connectivity index (χ0n) is 9.83. The van der Waals surface area contributed by atoms with Gasteiger partial charge in [-0.15, -0.1) is 10.2 Å². The highest BCUT2D eigenvalue weighted by Crippen LogP contribution is 2.32. The Bertz CT molecular complexity index is 443. The van der Waals surface area contributed by atoms with Gasteiger partial charge in [0.2, 0.25) is 16.0 Å². The summed E-state index contributed by atoms with van der Waals surface area (Å²) < 4.78 is 36.9. The van der Waals surface area contributed by atoms with Gasteiger partial charge in [-0.2, -0.15) is 13.2 Å². The molecule has 1 aliphatic heterocycles. The number of aromatic nitrogens is 2. The predicted molar refractivity (Wildman–Crippen MR) is 62.9 cm³/mol. The molecule has 0 aliphatic carbocycles. The molecule has 6 nitrogen and oxygen atoms in total. The van der Waals surface area contributed by atoms with Crippen LogP contribution in [0.25, 0.3) is 0 Å². The second-order valence-electron chi connectivity index (χ2n) is 3.89. The summed E-state index contributed by atoms with van der Waals surface area (Å²) in [5.74, 6) is -0.162. The van der Waals surface area contributed by atoms with Crippen LogP contribution >= 0.6 is 11.3 Å². The van der Waals surface area contributed by atoms with Crippen molar-refractivity contribution in [2.75, 3.05) is 38.0 Å². The van der Waals surface area contributed by atoms with Crippen LogP contribution < -0.4 is 10.6 Å². The maximum Gasteiger partial charge on any atom is 0.445 e. The highest BCUT2D eigenvalue weighted by molar-refractivity contribution is 7.15. The van der Waals surface area contributed by atoms with Crippen molar-refractivity contribution in [1.29, 1.82) is 0 Å². The number of carbonyl (C=O) groups is 1. The molecule has 1 aliphatic rings. The highest BCUT2D eigenvalue weighted by atomic mass is 32.1. The van der Waals surface area contributed by atoms with E-state index < -0.39 is 11.2 Å². The Morgan fingerprint density at radius 1 is 1.37 bits per heavy atom. The smallest absolute Gasteiger partial charge is 0.351 e. The van der Waals surface area contributed by atoms with Gasteiger partial charge in [-0.25, -0.2) is 0 Å². The number of alkyl halides is 3. The number of hydrogen-bond donors (Lipinski definition) is 2. The molecule has 2 rings (SSSR count). The largest absolute Gasteiger partial charge is 0.445 e. The normalized spacial score (nSPS) is 16.5. The van der Waals surface area contributed by atoms with E-state index in [4.69, 9.17) is 0 Å². The summed E-state index contributed by atoms with van der Waals surface area (Å²) >= 11 is 0.387. The molecule has 0 atom stereocenters. The van der Waals surface area contributed by atoms with E-state index in [-0.39, 0.29) is 17.6 Å². The molecule has 0 aromatic carbocycles. The van der Waals surface area contributed by atoms with Gasteiger partial charge in [-0.1, -0.05) is 11.3 Å². The molecule has 106 valence electrons. The molecular formula is C9H12F3N5OS. The average molecular weight is 295 g/mol. The van der Waals surface area contributed by atoms with Crippen molar-refractivity contribution in [3.63, 3.8) is 0 Å². The Morgan fingerprint density at radius 2 is 2.05 bits per heavy atom. The van der Waals surface area contributed by atoms with Gasteiger partial charge < -0.3 is 15.5 Å². The monoisotopic (exact) mass is 295 g/mol. The maximum absolute atomic E-state index is 12.3. The molecule has 0 bridgehead atoms. The molecule has 2 N–H and O–H groups in total. The molecule has 10 heteroatoms. The topological polar surface area (TPSA) is 70.2 Å². The molecule has 1 fully saturated rings. The minimum absolute atomic E-state index is 0.00388. The summed E-state index contributed by atoms with van der Waals surface area (Å²) in [6.45, 7) is 2.58. The van der Waals surface area contributed by atoms with Gasteiger partial charge in [0.25, 0.3) is 0 Å². The Kier molecular flexibility index (Phi) is 4.20. The fraction of sp³-hybridized carbons (Fsp3) is 0.667. The SMILES string of the molecule is O=C(CNc1nnc(C(F)(F)F)s1)N1CCNCC1. The van der Waals surface area contributed by atoms with Crippen molar-refractivity contribution in [3.05, 3.63) is 5.01 Å². The van der Waals surface area contributed by atoms with E-state index in [1.165, 1.54) is 0 Å². The van der Waals surface area contributed by atoms with Crippen LogP contribution in [0.3, 0.4) is 0 Å². The summed E-state index contributed by atoms with van der Waals surface area (Å²) in [7, 11) is 0. The van der Waals surface area contributed by atoms with Crippen molar-refractivity contribution < 1.29 is 18.0 Å². The minimum atomic E-state index is -4.50. The van der Waals surface area contributed by atoms with Crippen LogP contribution in [-0.4, -0.2) is 53.7 Å². The molecule has 1 aromatic heterocycles. The third-order valence-corrected chi connectivity index (χ3v) is 3.45. The van der Waals surface area contributed by atoms with Gasteiger partial charge in [0, 0.05) is 26.2 Å². The molecule has 1 saturated heterocycles. The quantitative estimate of drug-likeness (QED) is 0.845. The molecular weight excluding hydrogens is 283 g/mol. The summed E-state index contributed by atoms with van der Waals surface area (Å²) in [5, 5.41) is 11.0. The third-order valence-electron chi connectivity index (χ3n) is 2.53. The van der Waals surface area contributed by atoms with E-state index in [1.807, 2.05) is 0 Å².